The normalized spacial score (nSPS) is 11.5. The fourth-order valence-corrected chi connectivity index (χ4v) is 2.26. The molecule has 0 saturated carbocycles. The van der Waals surface area contributed by atoms with Crippen LogP contribution in [-0.2, 0) is 0 Å². The molecule has 0 saturated heterocycles. The van der Waals surface area contributed by atoms with Crippen molar-refractivity contribution in [3.05, 3.63) is 71.2 Å². The Hall–Kier alpha value is -3.09. The van der Waals surface area contributed by atoms with E-state index in [1.165, 1.54) is 18.3 Å². The Labute approximate surface area is 134 Å². The maximum Gasteiger partial charge on any atom is 0.573 e. The highest BCUT2D eigenvalue weighted by Crippen LogP contribution is 2.23. The molecule has 0 spiro atoms. The predicted molar refractivity (Wildman–Crippen MR) is 84.1 cm³/mol. The van der Waals surface area contributed by atoms with Gasteiger partial charge < -0.3 is 4.74 Å². The summed E-state index contributed by atoms with van der Waals surface area (Å²) in [4.78, 5) is 12.6. The Morgan fingerprint density at radius 1 is 1.12 bits per heavy atom. The number of hydrogen-bond acceptors (Lipinski definition) is 3. The average molecular weight is 332 g/mol. The van der Waals surface area contributed by atoms with Gasteiger partial charge in [0.2, 0.25) is 0 Å². The molecule has 0 radical (unpaired) electrons. The number of halogens is 3. The van der Waals surface area contributed by atoms with Crippen LogP contribution >= 0.6 is 0 Å². The highest BCUT2D eigenvalue weighted by atomic mass is 19.4. The SMILES string of the molecule is C=Cc1ccc2cnn(-c3ccc(OC(F)(F)F)cc3)c(=O)c2c1. The van der Waals surface area contributed by atoms with Gasteiger partial charge in [0.15, 0.2) is 0 Å². The Morgan fingerprint density at radius 2 is 1.83 bits per heavy atom. The molecule has 0 fully saturated rings. The minimum absolute atomic E-state index is 0.334. The van der Waals surface area contributed by atoms with Crippen LogP contribution in [0.15, 0.2) is 60.0 Å². The number of hydrogen-bond donors (Lipinski definition) is 0. The molecule has 4 nitrogen and oxygen atoms in total. The first-order valence-electron chi connectivity index (χ1n) is 6.88. The lowest BCUT2D eigenvalue weighted by molar-refractivity contribution is -0.274. The minimum atomic E-state index is -4.76. The molecule has 1 heterocycles. The van der Waals surface area contributed by atoms with E-state index < -0.39 is 6.36 Å². The maximum atomic E-state index is 12.6. The monoisotopic (exact) mass is 332 g/mol. The Morgan fingerprint density at radius 3 is 2.46 bits per heavy atom. The second kappa shape index (κ2) is 5.84. The van der Waals surface area contributed by atoms with Crippen LogP contribution in [0.3, 0.4) is 0 Å². The molecule has 0 bridgehead atoms. The van der Waals surface area contributed by atoms with E-state index >= 15 is 0 Å². The van der Waals surface area contributed by atoms with Gasteiger partial charge in [-0.05, 0) is 35.9 Å². The highest BCUT2D eigenvalue weighted by molar-refractivity contribution is 5.83. The summed E-state index contributed by atoms with van der Waals surface area (Å²) in [6.07, 6.45) is -1.63. The van der Waals surface area contributed by atoms with E-state index in [0.29, 0.717) is 16.5 Å². The van der Waals surface area contributed by atoms with Gasteiger partial charge in [-0.15, -0.1) is 13.2 Å². The molecule has 2 aromatic carbocycles. The summed E-state index contributed by atoms with van der Waals surface area (Å²) in [5, 5.41) is 5.16. The highest BCUT2D eigenvalue weighted by Gasteiger charge is 2.31. The molecule has 0 N–H and O–H groups in total. The third-order valence-corrected chi connectivity index (χ3v) is 3.36. The molecule has 0 aliphatic heterocycles. The van der Waals surface area contributed by atoms with Gasteiger partial charge in [-0.1, -0.05) is 24.8 Å². The van der Waals surface area contributed by atoms with Crippen molar-refractivity contribution in [2.45, 2.75) is 6.36 Å². The van der Waals surface area contributed by atoms with E-state index in [1.54, 1.807) is 18.2 Å². The van der Waals surface area contributed by atoms with Crippen molar-refractivity contribution in [3.63, 3.8) is 0 Å². The lowest BCUT2D eigenvalue weighted by atomic mass is 10.1. The van der Waals surface area contributed by atoms with Crippen LogP contribution in [0.25, 0.3) is 22.5 Å². The van der Waals surface area contributed by atoms with Gasteiger partial charge in [-0.25, -0.2) is 0 Å². The largest absolute Gasteiger partial charge is 0.573 e. The summed E-state index contributed by atoms with van der Waals surface area (Å²) in [5.74, 6) is -0.367. The molecule has 0 atom stereocenters. The number of nitrogens with zero attached hydrogens (tertiary/aromatic N) is 2. The van der Waals surface area contributed by atoms with Crippen LogP contribution in [0.1, 0.15) is 5.56 Å². The lowest BCUT2D eigenvalue weighted by Crippen LogP contribution is -2.21. The quantitative estimate of drug-likeness (QED) is 0.730. The summed E-state index contributed by atoms with van der Waals surface area (Å²) in [5.41, 5.74) is 0.743. The maximum absolute atomic E-state index is 12.6. The van der Waals surface area contributed by atoms with Crippen molar-refractivity contribution in [3.8, 4) is 11.4 Å². The number of aromatic nitrogens is 2. The molecule has 24 heavy (non-hydrogen) atoms. The van der Waals surface area contributed by atoms with Crippen molar-refractivity contribution in [1.29, 1.82) is 0 Å². The summed E-state index contributed by atoms with van der Waals surface area (Å²) in [6.45, 7) is 3.66. The molecule has 1 aromatic heterocycles. The first-order valence-corrected chi connectivity index (χ1v) is 6.88. The van der Waals surface area contributed by atoms with Gasteiger partial charge in [0.1, 0.15) is 5.75 Å². The fourth-order valence-electron chi connectivity index (χ4n) is 2.26. The number of alkyl halides is 3. The van der Waals surface area contributed by atoms with Gasteiger partial charge in [0, 0.05) is 5.39 Å². The van der Waals surface area contributed by atoms with Gasteiger partial charge >= 0.3 is 6.36 Å². The summed E-state index contributed by atoms with van der Waals surface area (Å²) in [7, 11) is 0. The molecule has 0 aliphatic rings. The fraction of sp³-hybridized carbons (Fsp3) is 0.0588. The van der Waals surface area contributed by atoms with Gasteiger partial charge in [-0.3, -0.25) is 4.79 Å². The smallest absolute Gasteiger partial charge is 0.406 e. The van der Waals surface area contributed by atoms with Crippen LogP contribution in [0.5, 0.6) is 5.75 Å². The van der Waals surface area contributed by atoms with Crippen LogP contribution in [0.4, 0.5) is 13.2 Å². The van der Waals surface area contributed by atoms with E-state index in [4.69, 9.17) is 0 Å². The lowest BCUT2D eigenvalue weighted by Gasteiger charge is -2.10. The summed E-state index contributed by atoms with van der Waals surface area (Å²) >= 11 is 0. The predicted octanol–water partition coefficient (Wildman–Crippen LogP) is 3.93. The third-order valence-electron chi connectivity index (χ3n) is 3.36. The molecule has 122 valence electrons. The number of benzene rings is 2. The van der Waals surface area contributed by atoms with E-state index in [1.807, 2.05) is 6.07 Å². The topological polar surface area (TPSA) is 44.1 Å². The molecule has 7 heteroatoms. The zero-order valence-electron chi connectivity index (χ0n) is 12.2. The molecule has 3 aromatic rings. The summed E-state index contributed by atoms with van der Waals surface area (Å²) in [6, 6.07) is 10.2. The Kier molecular flexibility index (Phi) is 3.84. The van der Waals surface area contributed by atoms with Crippen LogP contribution in [0, 0.1) is 0 Å². The first-order chi connectivity index (χ1) is 11.4. The summed E-state index contributed by atoms with van der Waals surface area (Å²) < 4.78 is 41.5. The van der Waals surface area contributed by atoms with E-state index in [2.05, 4.69) is 16.4 Å². The molecular formula is C17H11F3N2O2. The van der Waals surface area contributed by atoms with Crippen molar-refractivity contribution in [2.24, 2.45) is 0 Å². The third kappa shape index (κ3) is 3.15. The van der Waals surface area contributed by atoms with E-state index in [0.717, 1.165) is 22.4 Å². The molecule has 0 amide bonds. The number of rotatable bonds is 3. The second-order valence-electron chi connectivity index (χ2n) is 4.95. The molecule has 0 aliphatic carbocycles. The first kappa shape index (κ1) is 15.8. The number of fused-ring (bicyclic) bond motifs is 1. The zero-order valence-corrected chi connectivity index (χ0v) is 12.2. The van der Waals surface area contributed by atoms with Crippen LogP contribution in [-0.4, -0.2) is 16.1 Å². The number of ether oxygens (including phenoxy) is 1. The molecule has 3 rings (SSSR count). The van der Waals surface area contributed by atoms with Gasteiger partial charge in [0.25, 0.3) is 5.56 Å². The molecular weight excluding hydrogens is 321 g/mol. The molecule has 0 unspecified atom stereocenters. The standard InChI is InChI=1S/C17H11F3N2O2/c1-2-11-3-4-12-10-21-22(16(23)15(12)9-11)13-5-7-14(8-6-13)24-17(18,19)20/h2-10H,1H2. The minimum Gasteiger partial charge on any atom is -0.406 e. The van der Waals surface area contributed by atoms with Gasteiger partial charge in [0.05, 0.1) is 17.3 Å². The second-order valence-corrected chi connectivity index (χ2v) is 4.95. The van der Waals surface area contributed by atoms with Crippen molar-refractivity contribution < 1.29 is 17.9 Å². The van der Waals surface area contributed by atoms with Crippen LogP contribution in [0.2, 0.25) is 0 Å². The Balaban J connectivity index is 2.04. The van der Waals surface area contributed by atoms with Crippen molar-refractivity contribution in [2.75, 3.05) is 0 Å². The van der Waals surface area contributed by atoms with E-state index in [9.17, 15) is 18.0 Å². The zero-order chi connectivity index (χ0) is 17.3. The Bertz CT molecular complexity index is 960. The van der Waals surface area contributed by atoms with Gasteiger partial charge in [-0.2, -0.15) is 9.78 Å². The van der Waals surface area contributed by atoms with E-state index in [-0.39, 0.29) is 11.3 Å². The van der Waals surface area contributed by atoms with Crippen LogP contribution < -0.4 is 10.3 Å². The van der Waals surface area contributed by atoms with Crippen molar-refractivity contribution >= 4 is 16.8 Å². The van der Waals surface area contributed by atoms with Crippen molar-refractivity contribution in [1.82, 2.24) is 9.78 Å². The average Bonchev–Trinajstić information content (AvgIpc) is 2.54.